The molecule has 0 radical (unpaired) electrons. The van der Waals surface area contributed by atoms with Crippen LogP contribution in [0.2, 0.25) is 0 Å². The van der Waals surface area contributed by atoms with Gasteiger partial charge < -0.3 is 14.4 Å². The molecule has 2 aromatic carbocycles. The molecule has 4 aliphatic rings. The molecule has 3 aromatic rings. The lowest BCUT2D eigenvalue weighted by molar-refractivity contribution is -0.137. The number of rotatable bonds is 6. The van der Waals surface area contributed by atoms with E-state index in [1.807, 2.05) is 12.1 Å². The summed E-state index contributed by atoms with van der Waals surface area (Å²) in [6, 6.07) is 14.6. The van der Waals surface area contributed by atoms with Crippen molar-refractivity contribution in [2.45, 2.75) is 69.9 Å². The van der Waals surface area contributed by atoms with E-state index < -0.39 is 16.1 Å². The van der Waals surface area contributed by atoms with Crippen molar-refractivity contribution in [3.8, 4) is 11.3 Å². The van der Waals surface area contributed by atoms with Gasteiger partial charge in [0.15, 0.2) is 0 Å². The number of piperidine rings is 1. The van der Waals surface area contributed by atoms with Crippen LogP contribution in [0.5, 0.6) is 0 Å². The van der Waals surface area contributed by atoms with Gasteiger partial charge in [0.1, 0.15) is 0 Å². The van der Waals surface area contributed by atoms with Crippen molar-refractivity contribution in [2.75, 3.05) is 40.3 Å². The number of nitrogens with zero attached hydrogens (tertiary/aromatic N) is 4. The van der Waals surface area contributed by atoms with Crippen molar-refractivity contribution in [2.24, 2.45) is 5.92 Å². The van der Waals surface area contributed by atoms with Gasteiger partial charge in [0.2, 0.25) is 5.91 Å². The number of likely N-dealkylation sites (tertiary alicyclic amines) is 2. The molecule has 2 saturated heterocycles. The summed E-state index contributed by atoms with van der Waals surface area (Å²) in [5.74, 6) is -0.400. The van der Waals surface area contributed by atoms with Crippen molar-refractivity contribution in [1.29, 1.82) is 0 Å². The lowest BCUT2D eigenvalue weighted by Crippen LogP contribution is -2.48. The maximum atomic E-state index is 14.3. The average Bonchev–Trinajstić information content (AvgIpc) is 3.67. The van der Waals surface area contributed by atoms with Crippen LogP contribution in [0.3, 0.4) is 0 Å². The Labute approximate surface area is 272 Å². The monoisotopic (exact) mass is 643 g/mol. The van der Waals surface area contributed by atoms with Crippen LogP contribution in [0.1, 0.15) is 72.3 Å². The second kappa shape index (κ2) is 12.6. The fraction of sp³-hybridized carbons (Fsp3) is 0.500. The van der Waals surface area contributed by atoms with Gasteiger partial charge in [0.05, 0.1) is 11.6 Å². The molecule has 4 heterocycles. The third-order valence-electron chi connectivity index (χ3n) is 10.7. The lowest BCUT2D eigenvalue weighted by Gasteiger charge is -2.38. The Morgan fingerprint density at radius 2 is 1.70 bits per heavy atom. The van der Waals surface area contributed by atoms with Crippen molar-refractivity contribution >= 4 is 32.9 Å². The Hall–Kier alpha value is -3.47. The highest BCUT2D eigenvalue weighted by atomic mass is 32.2. The maximum Gasteiger partial charge on any atom is 0.303 e. The molecule has 46 heavy (non-hydrogen) atoms. The fourth-order valence-corrected chi connectivity index (χ4v) is 8.73. The van der Waals surface area contributed by atoms with Crippen LogP contribution < -0.4 is 4.72 Å². The lowest BCUT2D eigenvalue weighted by atomic mass is 9.83. The van der Waals surface area contributed by atoms with Gasteiger partial charge in [-0.25, -0.2) is 4.72 Å². The number of fused-ring (bicyclic) bond motifs is 5. The van der Waals surface area contributed by atoms with E-state index in [0.29, 0.717) is 24.9 Å². The molecule has 2 fully saturated rings. The van der Waals surface area contributed by atoms with E-state index in [1.165, 1.54) is 51.2 Å². The highest BCUT2D eigenvalue weighted by molar-refractivity contribution is 7.87. The summed E-state index contributed by atoms with van der Waals surface area (Å²) >= 11 is 0. The van der Waals surface area contributed by atoms with Gasteiger partial charge in [-0.1, -0.05) is 42.5 Å². The predicted octanol–water partition coefficient (Wildman–Crippen LogP) is 4.93. The number of hydrogen-bond donors (Lipinski definition) is 1. The summed E-state index contributed by atoms with van der Waals surface area (Å²) in [7, 11) is -1.17. The molecule has 0 bridgehead atoms. The summed E-state index contributed by atoms with van der Waals surface area (Å²) < 4.78 is 30.5. The maximum absolute atomic E-state index is 14.3. The number of amides is 2. The number of benzene rings is 2. The quantitative estimate of drug-likeness (QED) is 0.385. The first-order valence-corrected chi connectivity index (χ1v) is 18.3. The Balaban J connectivity index is 1.29. The molecular weight excluding hydrogens is 598 g/mol. The zero-order valence-corrected chi connectivity index (χ0v) is 27.8. The predicted molar refractivity (Wildman–Crippen MR) is 181 cm³/mol. The molecule has 1 aliphatic carbocycles. The van der Waals surface area contributed by atoms with Crippen LogP contribution in [0, 0.1) is 5.92 Å². The van der Waals surface area contributed by atoms with Crippen molar-refractivity contribution < 1.29 is 18.0 Å². The minimum absolute atomic E-state index is 0.206. The van der Waals surface area contributed by atoms with E-state index in [-0.39, 0.29) is 17.4 Å². The topological polar surface area (TPSA) is 95.0 Å². The molecule has 0 saturated carbocycles. The largest absolute Gasteiger partial charge is 0.342 e. The fourth-order valence-electron chi connectivity index (χ4n) is 8.20. The number of allylic oxidation sites excluding steroid dienone is 2. The van der Waals surface area contributed by atoms with Crippen molar-refractivity contribution in [3.63, 3.8) is 0 Å². The zero-order chi connectivity index (χ0) is 32.0. The highest BCUT2D eigenvalue weighted by Crippen LogP contribution is 2.46. The summed E-state index contributed by atoms with van der Waals surface area (Å²) in [4.78, 5) is 32.3. The SMILES string of the molecule is CN(C)S(=O)(=O)NC(=O)c1ccc2c(C3CC=CCC3)c3n(c2c1)C[C@@H](C(=O)N1CCC(N2CCCC2)CC1)Cc1ccccc1-3. The molecular formula is C36H45N5O4S. The Kier molecular flexibility index (Phi) is 8.54. The summed E-state index contributed by atoms with van der Waals surface area (Å²) in [5, 5.41) is 1.07. The van der Waals surface area contributed by atoms with Gasteiger partial charge in [-0.3, -0.25) is 9.59 Å². The molecule has 1 unspecified atom stereocenters. The van der Waals surface area contributed by atoms with E-state index in [4.69, 9.17) is 0 Å². The molecule has 2 atom stereocenters. The van der Waals surface area contributed by atoms with Gasteiger partial charge in [0.25, 0.3) is 5.91 Å². The second-order valence-electron chi connectivity index (χ2n) is 13.7. The third-order valence-corrected chi connectivity index (χ3v) is 12.1. The summed E-state index contributed by atoms with van der Waals surface area (Å²) in [5.41, 5.74) is 5.87. The van der Waals surface area contributed by atoms with Crippen LogP contribution in [-0.2, 0) is 28.0 Å². The van der Waals surface area contributed by atoms with E-state index in [2.05, 4.69) is 55.5 Å². The molecule has 0 spiro atoms. The van der Waals surface area contributed by atoms with Gasteiger partial charge in [-0.15, -0.1) is 0 Å². The summed E-state index contributed by atoms with van der Waals surface area (Å²) in [6.07, 6.45) is 12.8. The van der Waals surface area contributed by atoms with E-state index >= 15 is 0 Å². The first-order valence-electron chi connectivity index (χ1n) is 16.9. The summed E-state index contributed by atoms with van der Waals surface area (Å²) in [6.45, 7) is 4.46. The smallest absolute Gasteiger partial charge is 0.303 e. The van der Waals surface area contributed by atoms with Gasteiger partial charge in [0, 0.05) is 61.8 Å². The molecule has 3 aliphatic heterocycles. The van der Waals surface area contributed by atoms with E-state index in [1.54, 1.807) is 6.07 Å². The van der Waals surface area contributed by atoms with Crippen molar-refractivity contribution in [3.05, 3.63) is 71.3 Å². The Morgan fingerprint density at radius 1 is 0.935 bits per heavy atom. The van der Waals surface area contributed by atoms with Crippen LogP contribution in [0.4, 0.5) is 0 Å². The standard InChI is InChI=1S/C36H45N5O4S/c1-38(2)46(44,45)37-35(42)27-14-15-31-32(23-27)41-24-28(36(43)40-20-16-29(17-21-40)39-18-8-9-19-39)22-26-12-6-7-13-30(26)34(41)33(31)25-10-4-3-5-11-25/h3-4,6-7,12-15,23,25,28-29H,5,8-11,16-22,24H2,1-2H3,(H,37,42)/t25?,28-/m0/s1. The highest BCUT2D eigenvalue weighted by Gasteiger charge is 2.36. The molecule has 2 amide bonds. The second-order valence-corrected chi connectivity index (χ2v) is 15.5. The minimum Gasteiger partial charge on any atom is -0.342 e. The molecule has 10 heteroatoms. The number of hydrogen-bond acceptors (Lipinski definition) is 5. The van der Waals surface area contributed by atoms with Crippen LogP contribution in [0.25, 0.3) is 22.2 Å². The number of carbonyl (C=O) groups is 2. The van der Waals surface area contributed by atoms with Crippen molar-refractivity contribution in [1.82, 2.24) is 23.4 Å². The Morgan fingerprint density at radius 3 is 2.41 bits per heavy atom. The normalized spacial score (nSPS) is 22.5. The van der Waals surface area contributed by atoms with Gasteiger partial charge in [-0.05, 0) is 93.6 Å². The Bertz CT molecular complexity index is 1780. The van der Waals surface area contributed by atoms with E-state index in [9.17, 15) is 18.0 Å². The molecule has 1 N–H and O–H groups in total. The van der Waals surface area contributed by atoms with Gasteiger partial charge in [-0.2, -0.15) is 12.7 Å². The van der Waals surface area contributed by atoms with Crippen LogP contribution >= 0.6 is 0 Å². The first kappa shape index (κ1) is 31.1. The van der Waals surface area contributed by atoms with Gasteiger partial charge >= 0.3 is 10.2 Å². The zero-order valence-electron chi connectivity index (χ0n) is 27.0. The van der Waals surface area contributed by atoms with Crippen LogP contribution in [-0.4, -0.2) is 85.2 Å². The minimum atomic E-state index is -3.95. The number of nitrogens with one attached hydrogen (secondary N) is 1. The first-order chi connectivity index (χ1) is 22.2. The molecule has 9 nitrogen and oxygen atoms in total. The third kappa shape index (κ3) is 5.80. The molecule has 1 aromatic heterocycles. The van der Waals surface area contributed by atoms with Crippen LogP contribution in [0.15, 0.2) is 54.6 Å². The number of aromatic nitrogens is 1. The molecule has 7 rings (SSSR count). The molecule has 244 valence electrons. The van der Waals surface area contributed by atoms with E-state index in [0.717, 1.165) is 71.7 Å². The number of carbonyl (C=O) groups excluding carboxylic acids is 2. The average molecular weight is 644 g/mol.